The molecule has 0 bridgehead atoms. The number of primary amides is 1. The number of aliphatic hydroxyl groups excluding tert-OH is 2. The summed E-state index contributed by atoms with van der Waals surface area (Å²) in [4.78, 5) is 43.9. The summed E-state index contributed by atoms with van der Waals surface area (Å²) in [5.41, 5.74) is 4.87. The minimum atomic E-state index is -2.65. The van der Waals surface area contributed by atoms with Gasteiger partial charge in [0.2, 0.25) is 5.78 Å². The van der Waals surface area contributed by atoms with Crippen molar-refractivity contribution >= 4 is 28.8 Å². The summed E-state index contributed by atoms with van der Waals surface area (Å²) in [5.74, 6) is -6.39. The molecule has 1 aromatic heterocycles. The van der Waals surface area contributed by atoms with Gasteiger partial charge in [0.15, 0.2) is 11.4 Å². The van der Waals surface area contributed by atoms with Crippen LogP contribution in [0.3, 0.4) is 0 Å². The number of nitrogens with two attached hydrogens (primary N) is 1. The third-order valence-corrected chi connectivity index (χ3v) is 10.2. The molecule has 4 unspecified atom stereocenters. The van der Waals surface area contributed by atoms with E-state index in [-0.39, 0.29) is 29.7 Å². The minimum Gasteiger partial charge on any atom is -0.510 e. The van der Waals surface area contributed by atoms with Crippen LogP contribution in [0, 0.1) is 11.8 Å². The number of fused-ring (bicyclic) bond motifs is 3. The average molecular weight is 594 g/mol. The van der Waals surface area contributed by atoms with Gasteiger partial charge in [-0.25, -0.2) is 0 Å². The van der Waals surface area contributed by atoms with Crippen LogP contribution >= 0.6 is 11.3 Å². The van der Waals surface area contributed by atoms with Gasteiger partial charge in [-0.05, 0) is 98.4 Å². The molecule has 0 radical (unpaired) electrons. The number of likely N-dealkylation sites (tertiary alicyclic amines) is 1. The molecule has 2 aromatic rings. The highest BCUT2D eigenvalue weighted by Gasteiger charge is 2.63. The number of thiophene rings is 1. The SMILES string of the molecule is CN(C)C1C(O)=C(C(N)=O)C(=O)C2(O)C(O)=C3C(=O)c4c(O)c(CN5CCCCC5)cc(-c5ccsc5)c4CC3CC12. The summed E-state index contributed by atoms with van der Waals surface area (Å²) in [6.45, 7) is 2.23. The lowest BCUT2D eigenvalue weighted by molar-refractivity contribution is -0.148. The number of nitrogens with zero attached hydrogens (tertiary/aromatic N) is 2. The second-order valence-electron chi connectivity index (χ2n) is 12.1. The number of likely N-dealkylation sites (N-methyl/N-ethyl adjacent to an activating group) is 1. The largest absolute Gasteiger partial charge is 0.510 e. The standard InChI is InChI=1S/C31H35N3O7S/c1-33(2)24-20-12-16-10-19-18(15-6-9-42-14-15)11-17(13-34-7-4-3-5-8-34)25(35)22(19)26(36)21(16)28(38)31(20,41)29(39)23(27(24)37)30(32)40/h6,9,11,14,16,20,24,35,37-38,41H,3-5,7-8,10,12-13H2,1-2H3,(H2,32,40). The van der Waals surface area contributed by atoms with Gasteiger partial charge in [0.05, 0.1) is 11.6 Å². The van der Waals surface area contributed by atoms with E-state index in [9.17, 15) is 34.8 Å². The zero-order valence-electron chi connectivity index (χ0n) is 23.6. The third-order valence-electron chi connectivity index (χ3n) is 9.48. The van der Waals surface area contributed by atoms with Crippen molar-refractivity contribution in [2.45, 2.75) is 50.3 Å². The van der Waals surface area contributed by atoms with Crippen molar-refractivity contribution in [3.63, 3.8) is 0 Å². The molecule has 1 saturated heterocycles. The molecule has 2 heterocycles. The Bertz CT molecular complexity index is 1550. The smallest absolute Gasteiger partial charge is 0.255 e. The van der Waals surface area contributed by atoms with Crippen LogP contribution < -0.4 is 5.73 Å². The van der Waals surface area contributed by atoms with Crippen LogP contribution in [0.5, 0.6) is 5.75 Å². The molecule has 10 nitrogen and oxygen atoms in total. The Hall–Kier alpha value is -3.51. The highest BCUT2D eigenvalue weighted by atomic mass is 32.1. The molecule has 4 aliphatic rings. The van der Waals surface area contributed by atoms with Crippen molar-refractivity contribution in [3.8, 4) is 16.9 Å². The molecule has 42 heavy (non-hydrogen) atoms. The van der Waals surface area contributed by atoms with Gasteiger partial charge in [0, 0.05) is 23.6 Å². The number of phenols is 1. The van der Waals surface area contributed by atoms with Crippen LogP contribution in [0.2, 0.25) is 0 Å². The molecule has 4 atom stereocenters. The topological polar surface area (TPSA) is 165 Å². The van der Waals surface area contributed by atoms with Crippen molar-refractivity contribution in [3.05, 3.63) is 62.2 Å². The molecule has 11 heteroatoms. The van der Waals surface area contributed by atoms with E-state index in [1.807, 2.05) is 22.9 Å². The fraction of sp³-hybridized carbons (Fsp3) is 0.452. The molecule has 222 valence electrons. The Labute approximate surface area is 247 Å². The van der Waals surface area contributed by atoms with Gasteiger partial charge >= 0.3 is 0 Å². The number of amides is 1. The maximum Gasteiger partial charge on any atom is 0.255 e. The average Bonchev–Trinajstić information content (AvgIpc) is 3.47. The molecule has 6 N–H and O–H groups in total. The number of carbonyl (C=O) groups excluding carboxylic acids is 3. The highest BCUT2D eigenvalue weighted by molar-refractivity contribution is 7.08. The summed E-state index contributed by atoms with van der Waals surface area (Å²) in [5, 5.41) is 49.9. The van der Waals surface area contributed by atoms with Crippen molar-refractivity contribution in [1.29, 1.82) is 0 Å². The lowest BCUT2D eigenvalue weighted by Gasteiger charge is -2.50. The Balaban J connectivity index is 1.53. The Morgan fingerprint density at radius 1 is 1.17 bits per heavy atom. The molecule has 1 amide bonds. The summed E-state index contributed by atoms with van der Waals surface area (Å²) in [6.07, 6.45) is 3.59. The van der Waals surface area contributed by atoms with Crippen molar-refractivity contribution in [1.82, 2.24) is 9.80 Å². The van der Waals surface area contributed by atoms with Gasteiger partial charge in [-0.2, -0.15) is 11.3 Å². The first-order chi connectivity index (χ1) is 20.0. The number of aromatic hydroxyl groups is 1. The molecular formula is C31H35N3O7S. The summed E-state index contributed by atoms with van der Waals surface area (Å²) >= 11 is 1.52. The van der Waals surface area contributed by atoms with Crippen molar-refractivity contribution in [2.24, 2.45) is 17.6 Å². The fourth-order valence-electron chi connectivity index (χ4n) is 7.53. The zero-order chi connectivity index (χ0) is 30.1. The number of phenolic OH excluding ortho intramolecular Hbond substituents is 1. The summed E-state index contributed by atoms with van der Waals surface area (Å²) in [7, 11) is 3.23. The first kappa shape index (κ1) is 28.6. The normalized spacial score (nSPS) is 28.1. The summed E-state index contributed by atoms with van der Waals surface area (Å²) in [6, 6.07) is 2.89. The van der Waals surface area contributed by atoms with Crippen LogP contribution in [0.4, 0.5) is 0 Å². The summed E-state index contributed by atoms with van der Waals surface area (Å²) < 4.78 is 0. The van der Waals surface area contributed by atoms with Crippen LogP contribution in [0.25, 0.3) is 11.1 Å². The van der Waals surface area contributed by atoms with E-state index in [1.54, 1.807) is 19.0 Å². The third kappa shape index (κ3) is 4.13. The zero-order valence-corrected chi connectivity index (χ0v) is 24.4. The number of benzene rings is 1. The van der Waals surface area contributed by atoms with E-state index in [0.717, 1.165) is 43.5 Å². The predicted octanol–water partition coefficient (Wildman–Crippen LogP) is 2.84. The Kier molecular flexibility index (Phi) is 7.04. The maximum absolute atomic E-state index is 14.3. The number of rotatable bonds is 5. The van der Waals surface area contributed by atoms with Gasteiger partial charge in [-0.1, -0.05) is 6.42 Å². The van der Waals surface area contributed by atoms with Gasteiger partial charge in [0.1, 0.15) is 22.8 Å². The first-order valence-corrected chi connectivity index (χ1v) is 15.2. The predicted molar refractivity (Wildman–Crippen MR) is 156 cm³/mol. The number of aliphatic hydroxyl groups is 3. The highest BCUT2D eigenvalue weighted by Crippen LogP contribution is 2.53. The van der Waals surface area contributed by atoms with Gasteiger partial charge in [-0.3, -0.25) is 24.2 Å². The van der Waals surface area contributed by atoms with Crippen molar-refractivity contribution in [2.75, 3.05) is 27.2 Å². The molecule has 3 aliphatic carbocycles. The minimum absolute atomic E-state index is 0.0606. The lowest BCUT2D eigenvalue weighted by Crippen LogP contribution is -2.63. The van der Waals surface area contributed by atoms with Crippen LogP contribution in [-0.2, 0) is 22.6 Å². The first-order valence-electron chi connectivity index (χ1n) is 14.2. The van der Waals surface area contributed by atoms with Crippen LogP contribution in [0.1, 0.15) is 47.2 Å². The maximum atomic E-state index is 14.3. The van der Waals surface area contributed by atoms with Gasteiger partial charge < -0.3 is 26.2 Å². The fourth-order valence-corrected chi connectivity index (χ4v) is 8.18. The molecule has 6 rings (SSSR count). The molecular weight excluding hydrogens is 558 g/mol. The molecule has 1 aromatic carbocycles. The van der Waals surface area contributed by atoms with E-state index < -0.39 is 58.0 Å². The number of Topliss-reactive ketones (excluding diaryl/α,β-unsaturated/α-hetero) is 2. The van der Waals surface area contributed by atoms with Crippen LogP contribution in [0.15, 0.2) is 45.6 Å². The second kappa shape index (κ2) is 10.3. The molecule has 1 fully saturated rings. The number of hydrogen-bond donors (Lipinski definition) is 5. The van der Waals surface area contributed by atoms with E-state index in [0.29, 0.717) is 17.7 Å². The lowest BCUT2D eigenvalue weighted by atomic mass is 9.58. The number of carbonyl (C=O) groups is 3. The van der Waals surface area contributed by atoms with E-state index in [4.69, 9.17) is 5.73 Å². The van der Waals surface area contributed by atoms with Crippen LogP contribution in [-0.4, -0.2) is 86.5 Å². The second-order valence-corrected chi connectivity index (χ2v) is 12.9. The number of piperidine rings is 1. The van der Waals surface area contributed by atoms with E-state index in [1.165, 1.54) is 11.3 Å². The van der Waals surface area contributed by atoms with Crippen molar-refractivity contribution < 1.29 is 34.8 Å². The Morgan fingerprint density at radius 3 is 2.50 bits per heavy atom. The van der Waals surface area contributed by atoms with Gasteiger partial charge in [0.25, 0.3) is 5.91 Å². The van der Waals surface area contributed by atoms with E-state index >= 15 is 0 Å². The van der Waals surface area contributed by atoms with Gasteiger partial charge in [-0.15, -0.1) is 0 Å². The molecule has 0 spiro atoms. The van der Waals surface area contributed by atoms with E-state index in [2.05, 4.69) is 4.90 Å². The number of ketones is 2. The number of hydrogen-bond acceptors (Lipinski definition) is 10. The molecule has 0 saturated carbocycles. The Morgan fingerprint density at radius 2 is 1.88 bits per heavy atom. The quantitative estimate of drug-likeness (QED) is 0.328. The molecule has 1 aliphatic heterocycles. The number of allylic oxidation sites excluding steroid dienone is 1. The monoisotopic (exact) mass is 593 g/mol.